The number of aromatic hydroxyl groups is 1. The van der Waals surface area contributed by atoms with Gasteiger partial charge in [-0.3, -0.25) is 14.9 Å². The molecule has 3 rings (SSSR count). The SMILES string of the molecule is O=C(N/N=C\c1cc(Cl)cc([N+](=O)[O-])c1O)c1ccc2c(c1)OCO2. The number of carbonyl (C=O) groups excluding carboxylic acids is 1. The average molecular weight is 364 g/mol. The van der Waals surface area contributed by atoms with Gasteiger partial charge in [0, 0.05) is 22.2 Å². The molecule has 0 bridgehead atoms. The van der Waals surface area contributed by atoms with Gasteiger partial charge in [0.25, 0.3) is 5.91 Å². The van der Waals surface area contributed by atoms with Crippen molar-refractivity contribution in [1.29, 1.82) is 0 Å². The van der Waals surface area contributed by atoms with E-state index in [0.717, 1.165) is 12.3 Å². The third-order valence-corrected chi connectivity index (χ3v) is 3.50. The van der Waals surface area contributed by atoms with Crippen LogP contribution >= 0.6 is 11.6 Å². The van der Waals surface area contributed by atoms with Gasteiger partial charge in [0.05, 0.1) is 11.1 Å². The average Bonchev–Trinajstić information content (AvgIpc) is 3.04. The van der Waals surface area contributed by atoms with Crippen LogP contribution in [0.25, 0.3) is 0 Å². The highest BCUT2D eigenvalue weighted by Crippen LogP contribution is 2.33. The van der Waals surface area contributed by atoms with Crippen molar-refractivity contribution in [3.8, 4) is 17.2 Å². The number of nitrogens with zero attached hydrogens (tertiary/aromatic N) is 2. The molecule has 1 aliphatic rings. The Kier molecular flexibility index (Phi) is 4.40. The van der Waals surface area contributed by atoms with Crippen molar-refractivity contribution in [2.24, 2.45) is 5.10 Å². The summed E-state index contributed by atoms with van der Waals surface area (Å²) >= 11 is 5.77. The molecule has 2 aromatic carbocycles. The van der Waals surface area contributed by atoms with Gasteiger partial charge in [0.1, 0.15) is 0 Å². The monoisotopic (exact) mass is 363 g/mol. The summed E-state index contributed by atoms with van der Waals surface area (Å²) in [5.74, 6) is -0.156. The number of nitro groups is 1. The first-order valence-electron chi connectivity index (χ1n) is 6.85. The van der Waals surface area contributed by atoms with E-state index in [4.69, 9.17) is 21.1 Å². The Hall–Kier alpha value is -3.33. The molecule has 2 N–H and O–H groups in total. The summed E-state index contributed by atoms with van der Waals surface area (Å²) in [6.07, 6.45) is 1.05. The molecule has 1 amide bonds. The third-order valence-electron chi connectivity index (χ3n) is 3.29. The first-order chi connectivity index (χ1) is 12.0. The maximum atomic E-state index is 12.0. The lowest BCUT2D eigenvalue weighted by Gasteiger charge is -2.03. The number of fused-ring (bicyclic) bond motifs is 1. The van der Waals surface area contributed by atoms with Crippen molar-refractivity contribution in [2.75, 3.05) is 6.79 Å². The first kappa shape index (κ1) is 16.5. The number of nitrogens with one attached hydrogen (secondary N) is 1. The van der Waals surface area contributed by atoms with Crippen molar-refractivity contribution in [3.05, 3.63) is 56.6 Å². The van der Waals surface area contributed by atoms with Crippen molar-refractivity contribution < 1.29 is 24.3 Å². The number of amides is 1. The number of hydrazone groups is 1. The largest absolute Gasteiger partial charge is 0.502 e. The number of halogens is 1. The van der Waals surface area contributed by atoms with E-state index in [-0.39, 0.29) is 22.9 Å². The molecular formula is C15H10ClN3O6. The molecule has 0 unspecified atom stereocenters. The van der Waals surface area contributed by atoms with E-state index in [1.807, 2.05) is 0 Å². The standard InChI is InChI=1S/C15H10ClN3O6/c16-10-3-9(14(20)11(5-10)19(22)23)6-17-18-15(21)8-1-2-12-13(4-8)25-7-24-12/h1-6,20H,7H2,(H,18,21)/b17-6-. The fourth-order valence-corrected chi connectivity index (χ4v) is 2.33. The van der Waals surface area contributed by atoms with Gasteiger partial charge in [0.2, 0.25) is 12.5 Å². The molecule has 0 radical (unpaired) electrons. The normalized spacial score (nSPS) is 12.4. The van der Waals surface area contributed by atoms with E-state index < -0.39 is 22.3 Å². The van der Waals surface area contributed by atoms with Crippen LogP contribution < -0.4 is 14.9 Å². The summed E-state index contributed by atoms with van der Waals surface area (Å²) in [5.41, 5.74) is 1.96. The summed E-state index contributed by atoms with van der Waals surface area (Å²) in [6.45, 7) is 0.0887. The molecule has 0 atom stereocenters. The van der Waals surface area contributed by atoms with Crippen LogP contribution in [0.2, 0.25) is 5.02 Å². The van der Waals surface area contributed by atoms with Crippen LogP contribution in [-0.4, -0.2) is 28.9 Å². The van der Waals surface area contributed by atoms with Gasteiger partial charge >= 0.3 is 5.69 Å². The Bertz CT molecular complexity index is 899. The Balaban J connectivity index is 1.75. The number of carbonyl (C=O) groups is 1. The summed E-state index contributed by atoms with van der Waals surface area (Å²) in [5, 5.41) is 24.4. The predicted molar refractivity (Wildman–Crippen MR) is 87.4 cm³/mol. The van der Waals surface area contributed by atoms with Gasteiger partial charge in [0.15, 0.2) is 11.5 Å². The first-order valence-corrected chi connectivity index (χ1v) is 7.23. The van der Waals surface area contributed by atoms with Crippen LogP contribution in [0.5, 0.6) is 17.2 Å². The number of phenols is 1. The lowest BCUT2D eigenvalue weighted by Crippen LogP contribution is -2.17. The summed E-state index contributed by atoms with van der Waals surface area (Å²) in [7, 11) is 0. The topological polar surface area (TPSA) is 123 Å². The Morgan fingerprint density at radius 1 is 1.32 bits per heavy atom. The highest BCUT2D eigenvalue weighted by atomic mass is 35.5. The molecule has 1 heterocycles. The van der Waals surface area contributed by atoms with Crippen LogP contribution in [0.15, 0.2) is 35.4 Å². The van der Waals surface area contributed by atoms with E-state index in [2.05, 4.69) is 10.5 Å². The fourth-order valence-electron chi connectivity index (χ4n) is 2.11. The van der Waals surface area contributed by atoms with Crippen molar-refractivity contribution in [3.63, 3.8) is 0 Å². The number of hydrogen-bond acceptors (Lipinski definition) is 7. The van der Waals surface area contributed by atoms with E-state index in [9.17, 15) is 20.0 Å². The van der Waals surface area contributed by atoms with Crippen molar-refractivity contribution in [2.45, 2.75) is 0 Å². The van der Waals surface area contributed by atoms with E-state index in [0.29, 0.717) is 11.5 Å². The maximum Gasteiger partial charge on any atom is 0.312 e. The number of benzene rings is 2. The molecule has 0 aromatic heterocycles. The number of hydrogen-bond donors (Lipinski definition) is 2. The van der Waals surface area contributed by atoms with Crippen LogP contribution in [0.3, 0.4) is 0 Å². The quantitative estimate of drug-likeness (QED) is 0.488. The van der Waals surface area contributed by atoms with Crippen LogP contribution in [0, 0.1) is 10.1 Å². The van der Waals surface area contributed by atoms with Crippen LogP contribution in [0.4, 0.5) is 5.69 Å². The summed E-state index contributed by atoms with van der Waals surface area (Å²) in [4.78, 5) is 22.1. The molecule has 128 valence electrons. The molecule has 0 spiro atoms. The number of phenolic OH excluding ortho intramolecular Hbond substituents is 1. The second-order valence-corrected chi connectivity index (χ2v) is 5.32. The fraction of sp³-hybridized carbons (Fsp3) is 0.0667. The van der Waals surface area contributed by atoms with Gasteiger partial charge in [-0.1, -0.05) is 11.6 Å². The lowest BCUT2D eigenvalue weighted by atomic mass is 10.2. The third kappa shape index (κ3) is 3.45. The number of rotatable bonds is 4. The molecule has 10 heteroatoms. The summed E-state index contributed by atoms with van der Waals surface area (Å²) in [6, 6.07) is 6.90. The molecule has 0 fully saturated rings. The second kappa shape index (κ2) is 6.65. The van der Waals surface area contributed by atoms with Crippen LogP contribution in [0.1, 0.15) is 15.9 Å². The molecule has 0 saturated heterocycles. The van der Waals surface area contributed by atoms with Crippen molar-refractivity contribution in [1.82, 2.24) is 5.43 Å². The van der Waals surface area contributed by atoms with Gasteiger partial charge in [-0.15, -0.1) is 0 Å². The zero-order chi connectivity index (χ0) is 18.0. The second-order valence-electron chi connectivity index (χ2n) is 4.89. The Morgan fingerprint density at radius 2 is 2.08 bits per heavy atom. The predicted octanol–water partition coefficient (Wildman–Crippen LogP) is 2.45. The minimum atomic E-state index is -0.774. The highest BCUT2D eigenvalue weighted by molar-refractivity contribution is 6.31. The molecule has 2 aromatic rings. The molecule has 25 heavy (non-hydrogen) atoms. The summed E-state index contributed by atoms with van der Waals surface area (Å²) < 4.78 is 10.3. The lowest BCUT2D eigenvalue weighted by molar-refractivity contribution is -0.385. The molecular weight excluding hydrogens is 354 g/mol. The zero-order valence-corrected chi connectivity index (χ0v) is 13.2. The maximum absolute atomic E-state index is 12.0. The Morgan fingerprint density at radius 3 is 2.84 bits per heavy atom. The van der Waals surface area contributed by atoms with E-state index in [1.165, 1.54) is 18.2 Å². The molecule has 0 aliphatic carbocycles. The number of nitro benzene ring substituents is 1. The van der Waals surface area contributed by atoms with E-state index in [1.54, 1.807) is 6.07 Å². The van der Waals surface area contributed by atoms with Gasteiger partial charge in [-0.05, 0) is 24.3 Å². The highest BCUT2D eigenvalue weighted by Gasteiger charge is 2.18. The van der Waals surface area contributed by atoms with Gasteiger partial charge in [-0.25, -0.2) is 5.43 Å². The van der Waals surface area contributed by atoms with Gasteiger partial charge < -0.3 is 14.6 Å². The molecule has 9 nitrogen and oxygen atoms in total. The van der Waals surface area contributed by atoms with Crippen LogP contribution in [-0.2, 0) is 0 Å². The smallest absolute Gasteiger partial charge is 0.312 e. The van der Waals surface area contributed by atoms with Gasteiger partial charge in [-0.2, -0.15) is 5.10 Å². The molecule has 0 saturated carbocycles. The minimum absolute atomic E-state index is 0.00909. The number of ether oxygens (including phenoxy) is 2. The van der Waals surface area contributed by atoms with E-state index >= 15 is 0 Å². The zero-order valence-electron chi connectivity index (χ0n) is 12.4. The molecule has 1 aliphatic heterocycles. The minimum Gasteiger partial charge on any atom is -0.502 e. The Labute approximate surface area is 145 Å². The van der Waals surface area contributed by atoms with Crippen molar-refractivity contribution >= 4 is 29.4 Å².